The fraction of sp³-hybridized carbons (Fsp3) is 0.235. The third-order valence-corrected chi connectivity index (χ3v) is 3.86. The number of nitriles is 2. The number of pyridine rings is 1. The van der Waals surface area contributed by atoms with Crippen molar-refractivity contribution in [2.24, 2.45) is 0 Å². The summed E-state index contributed by atoms with van der Waals surface area (Å²) in [5, 5.41) is 18.8. The SMILES string of the molecule is CCOCCOc1ccc(Br)cc1-c1c(C#N)c(N)[nH]c(=O)c1C#N. The van der Waals surface area contributed by atoms with Gasteiger partial charge in [0.25, 0.3) is 5.56 Å². The van der Waals surface area contributed by atoms with Crippen molar-refractivity contribution in [3.05, 3.63) is 44.2 Å². The molecule has 0 aliphatic rings. The van der Waals surface area contributed by atoms with Crippen LogP contribution in [0.1, 0.15) is 18.1 Å². The number of aromatic nitrogens is 1. The third kappa shape index (κ3) is 4.00. The number of nitrogens with zero attached hydrogens (tertiary/aromatic N) is 2. The minimum Gasteiger partial charge on any atom is -0.491 e. The predicted octanol–water partition coefficient (Wildman–Crippen LogP) is 2.55. The van der Waals surface area contributed by atoms with Crippen molar-refractivity contribution in [3.63, 3.8) is 0 Å². The molecule has 0 spiro atoms. The molecule has 0 bridgehead atoms. The number of nitrogens with two attached hydrogens (primary N) is 1. The number of benzene rings is 1. The van der Waals surface area contributed by atoms with E-state index in [0.717, 1.165) is 0 Å². The normalized spacial score (nSPS) is 10.1. The van der Waals surface area contributed by atoms with E-state index in [-0.39, 0.29) is 29.1 Å². The second-order valence-electron chi connectivity index (χ2n) is 4.90. The van der Waals surface area contributed by atoms with Gasteiger partial charge >= 0.3 is 0 Å². The molecule has 0 aliphatic heterocycles. The minimum absolute atomic E-state index is 0.0175. The van der Waals surface area contributed by atoms with Crippen LogP contribution in [-0.4, -0.2) is 24.8 Å². The Kier molecular flexibility index (Phi) is 6.18. The standard InChI is InChI=1S/C17H15BrN4O3/c1-2-24-5-6-25-14-4-3-10(18)7-11(14)15-12(8-19)16(21)22-17(23)13(15)9-20/h3-4,7H,2,5-6H2,1H3,(H3,21,22,23). The Bertz CT molecular complexity index is 925. The van der Waals surface area contributed by atoms with Gasteiger partial charge in [-0.25, -0.2) is 0 Å². The highest BCUT2D eigenvalue weighted by Gasteiger charge is 2.21. The average molecular weight is 403 g/mol. The lowest BCUT2D eigenvalue weighted by molar-refractivity contribution is 0.110. The summed E-state index contributed by atoms with van der Waals surface area (Å²) < 4.78 is 11.6. The van der Waals surface area contributed by atoms with Crippen molar-refractivity contribution in [1.29, 1.82) is 10.5 Å². The van der Waals surface area contributed by atoms with E-state index in [4.69, 9.17) is 15.2 Å². The Hall–Kier alpha value is -2.81. The van der Waals surface area contributed by atoms with Crippen LogP contribution in [-0.2, 0) is 4.74 Å². The number of hydrogen-bond donors (Lipinski definition) is 2. The molecule has 0 amide bonds. The second kappa shape index (κ2) is 8.34. The summed E-state index contributed by atoms with van der Waals surface area (Å²) in [5.74, 6) is 0.322. The topological polar surface area (TPSA) is 125 Å². The predicted molar refractivity (Wildman–Crippen MR) is 96.0 cm³/mol. The zero-order valence-corrected chi connectivity index (χ0v) is 15.0. The monoisotopic (exact) mass is 402 g/mol. The number of rotatable bonds is 6. The molecule has 1 heterocycles. The summed E-state index contributed by atoms with van der Waals surface area (Å²) in [6.45, 7) is 3.12. The molecule has 0 saturated heterocycles. The molecule has 1 aromatic heterocycles. The molecule has 8 heteroatoms. The first-order valence-electron chi connectivity index (χ1n) is 7.39. The second-order valence-corrected chi connectivity index (χ2v) is 5.82. The summed E-state index contributed by atoms with van der Waals surface area (Å²) in [4.78, 5) is 14.4. The molecular weight excluding hydrogens is 388 g/mol. The van der Waals surface area contributed by atoms with E-state index < -0.39 is 5.56 Å². The molecule has 0 radical (unpaired) electrons. The summed E-state index contributed by atoms with van der Waals surface area (Å²) in [6, 6.07) is 8.90. The van der Waals surface area contributed by atoms with Gasteiger partial charge in [0.2, 0.25) is 0 Å². The van der Waals surface area contributed by atoms with E-state index in [0.29, 0.717) is 29.0 Å². The van der Waals surface area contributed by atoms with Crippen molar-refractivity contribution >= 4 is 21.7 Å². The van der Waals surface area contributed by atoms with E-state index in [1.807, 2.05) is 19.1 Å². The fourth-order valence-corrected chi connectivity index (χ4v) is 2.65. The first-order valence-corrected chi connectivity index (χ1v) is 8.19. The zero-order chi connectivity index (χ0) is 18.4. The molecule has 0 atom stereocenters. The first kappa shape index (κ1) is 18.5. The molecule has 25 heavy (non-hydrogen) atoms. The third-order valence-electron chi connectivity index (χ3n) is 3.37. The van der Waals surface area contributed by atoms with E-state index in [9.17, 15) is 15.3 Å². The minimum atomic E-state index is -0.658. The maximum absolute atomic E-state index is 12.1. The number of hydrogen-bond acceptors (Lipinski definition) is 6. The van der Waals surface area contributed by atoms with E-state index in [2.05, 4.69) is 20.9 Å². The number of nitrogen functional groups attached to an aromatic ring is 1. The first-order chi connectivity index (χ1) is 12.0. The molecule has 2 aromatic rings. The van der Waals surface area contributed by atoms with Crippen LogP contribution in [0.15, 0.2) is 27.5 Å². The van der Waals surface area contributed by atoms with Crippen LogP contribution in [0.2, 0.25) is 0 Å². The molecule has 1 aromatic carbocycles. The average Bonchev–Trinajstić information content (AvgIpc) is 2.59. The Labute approximate surface area is 152 Å². The number of H-pyrrole nitrogens is 1. The number of ether oxygens (including phenoxy) is 2. The maximum Gasteiger partial charge on any atom is 0.268 e. The Morgan fingerprint density at radius 3 is 2.60 bits per heavy atom. The molecule has 2 rings (SSSR count). The Balaban J connectivity index is 2.66. The van der Waals surface area contributed by atoms with Gasteiger partial charge in [-0.3, -0.25) is 4.79 Å². The van der Waals surface area contributed by atoms with Gasteiger partial charge in [0.15, 0.2) is 0 Å². The molecule has 0 unspecified atom stereocenters. The van der Waals surface area contributed by atoms with Gasteiger partial charge in [-0.15, -0.1) is 0 Å². The Morgan fingerprint density at radius 1 is 1.24 bits per heavy atom. The number of anilines is 1. The fourth-order valence-electron chi connectivity index (χ4n) is 2.29. The summed E-state index contributed by atoms with van der Waals surface area (Å²) in [6.07, 6.45) is 0. The van der Waals surface area contributed by atoms with E-state index in [1.54, 1.807) is 18.2 Å². The molecule has 0 aliphatic carbocycles. The molecule has 0 saturated carbocycles. The van der Waals surface area contributed by atoms with Crippen molar-refractivity contribution < 1.29 is 9.47 Å². The van der Waals surface area contributed by atoms with Gasteiger partial charge in [0.05, 0.1) is 6.61 Å². The zero-order valence-electron chi connectivity index (χ0n) is 13.4. The Morgan fingerprint density at radius 2 is 1.96 bits per heavy atom. The van der Waals surface area contributed by atoms with Crippen LogP contribution < -0.4 is 16.0 Å². The molecule has 7 nitrogen and oxygen atoms in total. The smallest absolute Gasteiger partial charge is 0.268 e. The largest absolute Gasteiger partial charge is 0.491 e. The van der Waals surface area contributed by atoms with Gasteiger partial charge in [-0.1, -0.05) is 15.9 Å². The number of nitrogens with one attached hydrogen (secondary N) is 1. The lowest BCUT2D eigenvalue weighted by Crippen LogP contribution is -2.16. The van der Waals surface area contributed by atoms with Crippen LogP contribution in [0, 0.1) is 22.7 Å². The van der Waals surface area contributed by atoms with Gasteiger partial charge in [0.1, 0.15) is 41.4 Å². The summed E-state index contributed by atoms with van der Waals surface area (Å²) >= 11 is 3.35. The van der Waals surface area contributed by atoms with Crippen LogP contribution in [0.4, 0.5) is 5.82 Å². The van der Waals surface area contributed by atoms with E-state index in [1.165, 1.54) is 0 Å². The van der Waals surface area contributed by atoms with Gasteiger partial charge in [0, 0.05) is 22.2 Å². The van der Waals surface area contributed by atoms with Gasteiger partial charge in [-0.05, 0) is 25.1 Å². The van der Waals surface area contributed by atoms with Crippen molar-refractivity contribution in [1.82, 2.24) is 4.98 Å². The van der Waals surface area contributed by atoms with E-state index >= 15 is 0 Å². The molecule has 3 N–H and O–H groups in total. The summed E-state index contributed by atoms with van der Waals surface area (Å²) in [7, 11) is 0. The highest BCUT2D eigenvalue weighted by atomic mass is 79.9. The lowest BCUT2D eigenvalue weighted by atomic mass is 9.96. The molecular formula is C17H15BrN4O3. The summed E-state index contributed by atoms with van der Waals surface area (Å²) in [5.41, 5.74) is 5.50. The maximum atomic E-state index is 12.1. The van der Waals surface area contributed by atoms with Crippen molar-refractivity contribution in [2.45, 2.75) is 6.92 Å². The molecule has 0 fully saturated rings. The van der Waals surface area contributed by atoms with Crippen LogP contribution in [0.3, 0.4) is 0 Å². The highest BCUT2D eigenvalue weighted by Crippen LogP contribution is 2.37. The number of halogens is 1. The lowest BCUT2D eigenvalue weighted by Gasteiger charge is -2.15. The van der Waals surface area contributed by atoms with Crippen molar-refractivity contribution in [3.8, 4) is 29.0 Å². The van der Waals surface area contributed by atoms with Gasteiger partial charge in [-0.2, -0.15) is 10.5 Å². The van der Waals surface area contributed by atoms with Gasteiger partial charge < -0.3 is 20.2 Å². The van der Waals surface area contributed by atoms with Crippen LogP contribution in [0.5, 0.6) is 5.75 Å². The van der Waals surface area contributed by atoms with Crippen molar-refractivity contribution in [2.75, 3.05) is 25.6 Å². The highest BCUT2D eigenvalue weighted by molar-refractivity contribution is 9.10. The van der Waals surface area contributed by atoms with Crippen LogP contribution >= 0.6 is 15.9 Å². The quantitative estimate of drug-likeness (QED) is 0.715. The molecule has 128 valence electrons. The van der Waals surface area contributed by atoms with Crippen LogP contribution in [0.25, 0.3) is 11.1 Å². The number of aromatic amines is 1.